The summed E-state index contributed by atoms with van der Waals surface area (Å²) in [4.78, 5) is 11.9. The van der Waals surface area contributed by atoms with Gasteiger partial charge in [-0.25, -0.2) is 0 Å². The Morgan fingerprint density at radius 2 is 2.39 bits per heavy atom. The monoisotopic (exact) mass is 246 g/mol. The molecular formula is C12H14N4O2. The Balaban J connectivity index is 1.73. The number of hydrogen-bond donors (Lipinski definition) is 4. The summed E-state index contributed by atoms with van der Waals surface area (Å²) in [5.41, 5.74) is 1.67. The molecule has 4 N–H and O–H groups in total. The molecule has 1 aromatic carbocycles. The molecule has 1 aliphatic rings. The molecule has 1 aromatic heterocycles. The van der Waals surface area contributed by atoms with Crippen molar-refractivity contribution >= 4 is 22.5 Å². The highest BCUT2D eigenvalue weighted by Gasteiger charge is 2.27. The highest BCUT2D eigenvalue weighted by molar-refractivity contribution is 5.96. The number of aliphatic hydroxyl groups is 1. The summed E-state index contributed by atoms with van der Waals surface area (Å²) in [5, 5.41) is 22.9. The first kappa shape index (κ1) is 11.2. The van der Waals surface area contributed by atoms with Gasteiger partial charge in [0.2, 0.25) is 5.91 Å². The number of amides is 1. The number of hydrogen-bond acceptors (Lipinski definition) is 4. The van der Waals surface area contributed by atoms with E-state index in [1.807, 2.05) is 18.2 Å². The largest absolute Gasteiger partial charge is 0.392 e. The summed E-state index contributed by atoms with van der Waals surface area (Å²) in [6.07, 6.45) is 1.74. The van der Waals surface area contributed by atoms with Gasteiger partial charge in [-0.1, -0.05) is 0 Å². The molecule has 3 rings (SSSR count). The van der Waals surface area contributed by atoms with Gasteiger partial charge in [0.15, 0.2) is 0 Å². The average Bonchev–Trinajstić information content (AvgIpc) is 2.96. The fraction of sp³-hybridized carbons (Fsp3) is 0.333. The minimum atomic E-state index is -0.433. The molecule has 0 aliphatic carbocycles. The van der Waals surface area contributed by atoms with Crippen molar-refractivity contribution in [3.8, 4) is 0 Å². The predicted octanol–water partition coefficient (Wildman–Crippen LogP) is 0.224. The SMILES string of the molecule is O=C(Nc1ccc2[nH]ncc2c1)C1CC(O)CN1. The van der Waals surface area contributed by atoms with Gasteiger partial charge >= 0.3 is 0 Å². The summed E-state index contributed by atoms with van der Waals surface area (Å²) >= 11 is 0. The lowest BCUT2D eigenvalue weighted by atomic mass is 10.2. The van der Waals surface area contributed by atoms with E-state index >= 15 is 0 Å². The van der Waals surface area contributed by atoms with Crippen LogP contribution >= 0.6 is 0 Å². The number of β-amino-alcohol motifs (C(OH)–C–C–N with tert-alkyl or cyclic N) is 1. The van der Waals surface area contributed by atoms with Crippen molar-refractivity contribution in [2.24, 2.45) is 0 Å². The Morgan fingerprint density at radius 3 is 3.17 bits per heavy atom. The number of nitrogens with zero attached hydrogens (tertiary/aromatic N) is 1. The van der Waals surface area contributed by atoms with Gasteiger partial charge in [0.05, 0.1) is 23.9 Å². The van der Waals surface area contributed by atoms with Gasteiger partial charge in [0.25, 0.3) is 0 Å². The van der Waals surface area contributed by atoms with E-state index in [4.69, 9.17) is 0 Å². The van der Waals surface area contributed by atoms with E-state index in [0.29, 0.717) is 13.0 Å². The summed E-state index contributed by atoms with van der Waals surface area (Å²) < 4.78 is 0. The van der Waals surface area contributed by atoms with Crippen molar-refractivity contribution in [3.05, 3.63) is 24.4 Å². The van der Waals surface area contributed by atoms with Crippen LogP contribution in [0.25, 0.3) is 10.9 Å². The lowest BCUT2D eigenvalue weighted by Crippen LogP contribution is -2.35. The Morgan fingerprint density at radius 1 is 1.50 bits per heavy atom. The smallest absolute Gasteiger partial charge is 0.241 e. The number of rotatable bonds is 2. The van der Waals surface area contributed by atoms with Gasteiger partial charge in [-0.2, -0.15) is 5.10 Å². The van der Waals surface area contributed by atoms with Gasteiger partial charge in [-0.3, -0.25) is 9.89 Å². The molecule has 0 bridgehead atoms. The Labute approximate surface area is 103 Å². The molecule has 0 radical (unpaired) electrons. The zero-order valence-electron chi connectivity index (χ0n) is 9.68. The van der Waals surface area contributed by atoms with Crippen molar-refractivity contribution in [2.75, 3.05) is 11.9 Å². The second-order valence-corrected chi connectivity index (χ2v) is 4.51. The van der Waals surface area contributed by atoms with E-state index < -0.39 is 6.10 Å². The standard InChI is InChI=1S/C12H14N4O2/c17-9-4-11(13-6-9)12(18)15-8-1-2-10-7(3-8)5-14-16-10/h1-3,5,9,11,13,17H,4,6H2,(H,14,16)(H,15,18). The van der Waals surface area contributed by atoms with Crippen LogP contribution in [-0.2, 0) is 4.79 Å². The Kier molecular flexibility index (Phi) is 2.73. The van der Waals surface area contributed by atoms with Crippen molar-refractivity contribution in [2.45, 2.75) is 18.6 Å². The second kappa shape index (κ2) is 4.40. The van der Waals surface area contributed by atoms with E-state index in [1.54, 1.807) is 6.20 Å². The molecule has 94 valence electrons. The molecule has 6 nitrogen and oxygen atoms in total. The van der Waals surface area contributed by atoms with Crippen LogP contribution < -0.4 is 10.6 Å². The van der Waals surface area contributed by atoms with Crippen LogP contribution in [0.4, 0.5) is 5.69 Å². The first-order valence-electron chi connectivity index (χ1n) is 5.88. The third kappa shape index (κ3) is 2.07. The van der Waals surface area contributed by atoms with E-state index in [1.165, 1.54) is 0 Å². The van der Waals surface area contributed by atoms with Crippen LogP contribution in [0.3, 0.4) is 0 Å². The van der Waals surface area contributed by atoms with E-state index in [2.05, 4.69) is 20.8 Å². The van der Waals surface area contributed by atoms with Crippen molar-refractivity contribution < 1.29 is 9.90 Å². The molecular weight excluding hydrogens is 232 g/mol. The summed E-state index contributed by atoms with van der Waals surface area (Å²) in [7, 11) is 0. The van der Waals surface area contributed by atoms with Crippen LogP contribution in [0.5, 0.6) is 0 Å². The van der Waals surface area contributed by atoms with Gasteiger partial charge in [0.1, 0.15) is 0 Å². The lowest BCUT2D eigenvalue weighted by Gasteiger charge is -2.10. The normalized spacial score (nSPS) is 23.4. The van der Waals surface area contributed by atoms with Crippen LogP contribution in [0.2, 0.25) is 0 Å². The van der Waals surface area contributed by atoms with Crippen LogP contribution in [-0.4, -0.2) is 39.9 Å². The number of aromatic nitrogens is 2. The van der Waals surface area contributed by atoms with Gasteiger partial charge < -0.3 is 15.7 Å². The number of aromatic amines is 1. The fourth-order valence-corrected chi connectivity index (χ4v) is 2.17. The Hall–Kier alpha value is -1.92. The van der Waals surface area contributed by atoms with E-state index in [9.17, 15) is 9.90 Å². The first-order valence-corrected chi connectivity index (χ1v) is 5.88. The molecule has 2 heterocycles. The molecule has 6 heteroatoms. The molecule has 2 unspecified atom stereocenters. The zero-order chi connectivity index (χ0) is 12.5. The molecule has 2 aromatic rings. The maximum Gasteiger partial charge on any atom is 0.241 e. The van der Waals surface area contributed by atoms with Crippen LogP contribution in [0.15, 0.2) is 24.4 Å². The number of H-pyrrole nitrogens is 1. The number of fused-ring (bicyclic) bond motifs is 1. The number of anilines is 1. The van der Waals surface area contributed by atoms with Gasteiger partial charge in [-0.05, 0) is 24.6 Å². The molecule has 0 spiro atoms. The molecule has 1 saturated heterocycles. The van der Waals surface area contributed by atoms with Crippen molar-refractivity contribution in [1.29, 1.82) is 0 Å². The van der Waals surface area contributed by atoms with Crippen LogP contribution in [0, 0.1) is 0 Å². The van der Waals surface area contributed by atoms with E-state index in [-0.39, 0.29) is 11.9 Å². The Bertz CT molecular complexity index is 580. The summed E-state index contributed by atoms with van der Waals surface area (Å²) in [6.45, 7) is 0.471. The topological polar surface area (TPSA) is 90.0 Å². The maximum absolute atomic E-state index is 11.9. The number of aliphatic hydroxyl groups excluding tert-OH is 1. The highest BCUT2D eigenvalue weighted by atomic mass is 16.3. The predicted molar refractivity (Wildman–Crippen MR) is 67.1 cm³/mol. The zero-order valence-corrected chi connectivity index (χ0v) is 9.68. The maximum atomic E-state index is 11.9. The molecule has 2 atom stereocenters. The van der Waals surface area contributed by atoms with E-state index in [0.717, 1.165) is 16.6 Å². The van der Waals surface area contributed by atoms with Crippen LogP contribution in [0.1, 0.15) is 6.42 Å². The quantitative estimate of drug-likeness (QED) is 0.610. The van der Waals surface area contributed by atoms with Gasteiger partial charge in [0, 0.05) is 17.6 Å². The highest BCUT2D eigenvalue weighted by Crippen LogP contribution is 2.17. The number of carbonyl (C=O) groups excluding carboxylic acids is 1. The third-order valence-corrected chi connectivity index (χ3v) is 3.13. The number of benzene rings is 1. The van der Waals surface area contributed by atoms with Gasteiger partial charge in [-0.15, -0.1) is 0 Å². The molecule has 18 heavy (non-hydrogen) atoms. The first-order chi connectivity index (χ1) is 8.72. The summed E-state index contributed by atoms with van der Waals surface area (Å²) in [6, 6.07) is 5.24. The van der Waals surface area contributed by atoms with Crippen molar-refractivity contribution in [1.82, 2.24) is 15.5 Å². The summed E-state index contributed by atoms with van der Waals surface area (Å²) in [5.74, 6) is -0.116. The molecule has 1 fully saturated rings. The molecule has 0 saturated carbocycles. The average molecular weight is 246 g/mol. The number of carbonyl (C=O) groups is 1. The fourth-order valence-electron chi connectivity index (χ4n) is 2.17. The minimum Gasteiger partial charge on any atom is -0.392 e. The third-order valence-electron chi connectivity index (χ3n) is 3.13. The minimum absolute atomic E-state index is 0.116. The number of nitrogens with one attached hydrogen (secondary N) is 3. The van der Waals surface area contributed by atoms with Crippen molar-refractivity contribution in [3.63, 3.8) is 0 Å². The lowest BCUT2D eigenvalue weighted by molar-refractivity contribution is -0.117. The second-order valence-electron chi connectivity index (χ2n) is 4.51. The molecule has 1 amide bonds. The molecule has 1 aliphatic heterocycles.